The van der Waals surface area contributed by atoms with Crippen LogP contribution in [0.1, 0.15) is 21.7 Å². The van der Waals surface area contributed by atoms with E-state index in [1.54, 1.807) is 30.5 Å². The summed E-state index contributed by atoms with van der Waals surface area (Å²) in [5.41, 5.74) is -0.338. The number of aromatic nitrogens is 1. The molecule has 1 atom stereocenters. The van der Waals surface area contributed by atoms with Gasteiger partial charge >= 0.3 is 0 Å². The summed E-state index contributed by atoms with van der Waals surface area (Å²) in [6.45, 7) is -0.0113. The maximum atomic E-state index is 12.3. The Labute approximate surface area is 145 Å². The summed E-state index contributed by atoms with van der Waals surface area (Å²) in [6, 6.07) is 6.86. The first kappa shape index (κ1) is 15.9. The van der Waals surface area contributed by atoms with Gasteiger partial charge in [-0.2, -0.15) is 11.3 Å². The SMILES string of the molecule is O=C(NC[C@](O)(c1ccsc1)c1ccco1)c1cncc(Br)c1. The molecule has 0 aromatic carbocycles. The Morgan fingerprint density at radius 3 is 2.96 bits per heavy atom. The highest BCUT2D eigenvalue weighted by atomic mass is 79.9. The van der Waals surface area contributed by atoms with E-state index in [-0.39, 0.29) is 12.5 Å². The van der Waals surface area contributed by atoms with Gasteiger partial charge in [0.05, 0.1) is 18.4 Å². The van der Waals surface area contributed by atoms with E-state index < -0.39 is 5.60 Å². The smallest absolute Gasteiger partial charge is 0.253 e. The Balaban J connectivity index is 1.82. The number of amides is 1. The van der Waals surface area contributed by atoms with E-state index in [4.69, 9.17) is 4.42 Å². The van der Waals surface area contributed by atoms with Gasteiger partial charge in [-0.15, -0.1) is 0 Å². The predicted octanol–water partition coefficient (Wildman–Crippen LogP) is 3.16. The van der Waals surface area contributed by atoms with Gasteiger partial charge in [0.15, 0.2) is 5.60 Å². The molecule has 3 aromatic heterocycles. The maximum absolute atomic E-state index is 12.3. The molecule has 0 spiro atoms. The van der Waals surface area contributed by atoms with Gasteiger partial charge in [-0.1, -0.05) is 0 Å². The van der Waals surface area contributed by atoms with Crippen LogP contribution in [0.5, 0.6) is 0 Å². The number of hydrogen-bond acceptors (Lipinski definition) is 5. The largest absolute Gasteiger partial charge is 0.466 e. The first-order valence-electron chi connectivity index (χ1n) is 6.77. The molecule has 0 saturated heterocycles. The van der Waals surface area contributed by atoms with Crippen LogP contribution >= 0.6 is 27.3 Å². The summed E-state index contributed by atoms with van der Waals surface area (Å²) < 4.78 is 6.08. The van der Waals surface area contributed by atoms with E-state index in [0.717, 1.165) is 0 Å². The Morgan fingerprint density at radius 1 is 1.43 bits per heavy atom. The summed E-state index contributed by atoms with van der Waals surface area (Å²) >= 11 is 4.74. The van der Waals surface area contributed by atoms with Crippen LogP contribution in [0.4, 0.5) is 0 Å². The zero-order chi connectivity index (χ0) is 16.3. The van der Waals surface area contributed by atoms with Crippen LogP contribution in [-0.4, -0.2) is 22.5 Å². The molecule has 7 heteroatoms. The monoisotopic (exact) mass is 392 g/mol. The van der Waals surface area contributed by atoms with Gasteiger partial charge < -0.3 is 14.8 Å². The van der Waals surface area contributed by atoms with Gasteiger partial charge in [-0.05, 0) is 51.0 Å². The molecule has 0 aliphatic rings. The molecule has 3 heterocycles. The van der Waals surface area contributed by atoms with Crippen LogP contribution in [0.15, 0.2) is 62.6 Å². The molecule has 3 aromatic rings. The quantitative estimate of drug-likeness (QED) is 0.698. The normalized spacial score (nSPS) is 13.5. The fraction of sp³-hybridized carbons (Fsp3) is 0.125. The molecule has 0 radical (unpaired) electrons. The van der Waals surface area contributed by atoms with Gasteiger partial charge in [0.2, 0.25) is 0 Å². The molecular formula is C16H13BrN2O3S. The average Bonchev–Trinajstić information content (AvgIpc) is 3.25. The summed E-state index contributed by atoms with van der Waals surface area (Å²) in [6.07, 6.45) is 4.56. The minimum Gasteiger partial charge on any atom is -0.466 e. The number of pyridine rings is 1. The van der Waals surface area contributed by atoms with E-state index in [1.807, 2.05) is 10.8 Å². The number of hydrogen-bond donors (Lipinski definition) is 2. The number of nitrogens with one attached hydrogen (secondary N) is 1. The second kappa shape index (κ2) is 6.66. The van der Waals surface area contributed by atoms with Crippen LogP contribution in [-0.2, 0) is 5.60 Å². The molecular weight excluding hydrogens is 380 g/mol. The van der Waals surface area contributed by atoms with Gasteiger partial charge in [0.1, 0.15) is 5.76 Å². The lowest BCUT2D eigenvalue weighted by atomic mass is 9.93. The number of halogens is 1. The lowest BCUT2D eigenvalue weighted by Gasteiger charge is -2.25. The third-order valence-corrected chi connectivity index (χ3v) is 4.52. The third-order valence-electron chi connectivity index (χ3n) is 3.40. The summed E-state index contributed by atoms with van der Waals surface area (Å²) in [4.78, 5) is 16.2. The van der Waals surface area contributed by atoms with E-state index in [0.29, 0.717) is 21.4 Å². The maximum Gasteiger partial charge on any atom is 0.253 e. The number of carbonyl (C=O) groups excluding carboxylic acids is 1. The third kappa shape index (κ3) is 3.36. The summed E-state index contributed by atoms with van der Waals surface area (Å²) in [5, 5.41) is 17.5. The van der Waals surface area contributed by atoms with E-state index in [2.05, 4.69) is 26.2 Å². The van der Waals surface area contributed by atoms with Crippen LogP contribution in [0.3, 0.4) is 0 Å². The van der Waals surface area contributed by atoms with Crippen molar-refractivity contribution < 1.29 is 14.3 Å². The van der Waals surface area contributed by atoms with Crippen molar-refractivity contribution >= 4 is 33.2 Å². The Morgan fingerprint density at radius 2 is 2.30 bits per heavy atom. The summed E-state index contributed by atoms with van der Waals surface area (Å²) in [7, 11) is 0. The number of aliphatic hydroxyl groups is 1. The van der Waals surface area contributed by atoms with Crippen molar-refractivity contribution in [2.45, 2.75) is 5.60 Å². The van der Waals surface area contributed by atoms with Crippen LogP contribution in [0.25, 0.3) is 0 Å². The molecule has 2 N–H and O–H groups in total. The average molecular weight is 393 g/mol. The molecule has 0 fully saturated rings. The Kier molecular flexibility index (Phi) is 4.61. The van der Waals surface area contributed by atoms with Crippen molar-refractivity contribution in [3.8, 4) is 0 Å². The van der Waals surface area contributed by atoms with Crippen molar-refractivity contribution in [1.82, 2.24) is 10.3 Å². The number of nitrogens with zero attached hydrogens (tertiary/aromatic N) is 1. The number of thiophene rings is 1. The zero-order valence-corrected chi connectivity index (χ0v) is 14.3. The second-order valence-corrected chi connectivity index (χ2v) is 6.62. The number of rotatable bonds is 5. The molecule has 0 unspecified atom stereocenters. The van der Waals surface area contributed by atoms with Gasteiger partial charge in [-0.25, -0.2) is 0 Å². The van der Waals surface area contributed by atoms with Crippen LogP contribution < -0.4 is 5.32 Å². The number of carbonyl (C=O) groups is 1. The van der Waals surface area contributed by atoms with Crippen molar-refractivity contribution in [2.24, 2.45) is 0 Å². The van der Waals surface area contributed by atoms with Crippen LogP contribution in [0.2, 0.25) is 0 Å². The molecule has 3 rings (SSSR count). The molecule has 0 aliphatic carbocycles. The van der Waals surface area contributed by atoms with Crippen LogP contribution in [0, 0.1) is 0 Å². The first-order chi connectivity index (χ1) is 11.1. The molecule has 1 amide bonds. The highest BCUT2D eigenvalue weighted by Gasteiger charge is 2.35. The standard InChI is InChI=1S/C16H13BrN2O3S/c17-13-6-11(7-18-8-13)15(20)19-10-16(21,12-3-5-23-9-12)14-2-1-4-22-14/h1-9,21H,10H2,(H,19,20)/t16-/m0/s1. The van der Waals surface area contributed by atoms with Crippen molar-refractivity contribution in [1.29, 1.82) is 0 Å². The topological polar surface area (TPSA) is 75.4 Å². The van der Waals surface area contributed by atoms with Gasteiger partial charge in [-0.3, -0.25) is 9.78 Å². The first-order valence-corrected chi connectivity index (χ1v) is 8.51. The molecule has 5 nitrogen and oxygen atoms in total. The molecule has 23 heavy (non-hydrogen) atoms. The van der Waals surface area contributed by atoms with E-state index in [9.17, 15) is 9.90 Å². The zero-order valence-electron chi connectivity index (χ0n) is 11.9. The van der Waals surface area contributed by atoms with E-state index in [1.165, 1.54) is 23.8 Å². The Bertz CT molecular complexity index is 753. The predicted molar refractivity (Wildman–Crippen MR) is 90.3 cm³/mol. The van der Waals surface area contributed by atoms with E-state index >= 15 is 0 Å². The molecule has 0 bridgehead atoms. The fourth-order valence-corrected chi connectivity index (χ4v) is 3.28. The highest BCUT2D eigenvalue weighted by Crippen LogP contribution is 2.31. The highest BCUT2D eigenvalue weighted by molar-refractivity contribution is 9.10. The lowest BCUT2D eigenvalue weighted by Crippen LogP contribution is -2.41. The van der Waals surface area contributed by atoms with Crippen molar-refractivity contribution in [2.75, 3.05) is 6.54 Å². The number of furan rings is 1. The molecule has 0 saturated carbocycles. The second-order valence-electron chi connectivity index (χ2n) is 4.92. The minimum atomic E-state index is -1.42. The lowest BCUT2D eigenvalue weighted by molar-refractivity contribution is 0.0528. The molecule has 118 valence electrons. The Hall–Kier alpha value is -1.96. The van der Waals surface area contributed by atoms with Crippen molar-refractivity contribution in [3.05, 3.63) is 75.0 Å². The van der Waals surface area contributed by atoms with Crippen molar-refractivity contribution in [3.63, 3.8) is 0 Å². The minimum absolute atomic E-state index is 0.0113. The fourth-order valence-electron chi connectivity index (χ4n) is 2.19. The van der Waals surface area contributed by atoms with Gasteiger partial charge in [0, 0.05) is 22.4 Å². The van der Waals surface area contributed by atoms with Gasteiger partial charge in [0.25, 0.3) is 5.91 Å². The molecule has 0 aliphatic heterocycles. The summed E-state index contributed by atoms with van der Waals surface area (Å²) in [5.74, 6) is 0.0579.